The zero-order chi connectivity index (χ0) is 14.7. The van der Waals surface area contributed by atoms with Crippen LogP contribution in [0.2, 0.25) is 0 Å². The number of carbonyl (C=O) groups is 1. The van der Waals surface area contributed by atoms with E-state index in [4.69, 9.17) is 5.73 Å². The molecule has 0 aromatic carbocycles. The largest absolute Gasteiger partial charge is 0.337 e. The minimum absolute atomic E-state index is 0.0110. The van der Waals surface area contributed by atoms with E-state index < -0.39 is 4.92 Å². The van der Waals surface area contributed by atoms with Crippen LogP contribution in [0.4, 0.5) is 5.69 Å². The van der Waals surface area contributed by atoms with Crippen molar-refractivity contribution in [3.63, 3.8) is 0 Å². The summed E-state index contributed by atoms with van der Waals surface area (Å²) in [4.78, 5) is 24.1. The van der Waals surface area contributed by atoms with Crippen molar-refractivity contribution < 1.29 is 9.72 Å². The van der Waals surface area contributed by atoms with Gasteiger partial charge >= 0.3 is 5.69 Å². The quantitative estimate of drug-likeness (QED) is 0.639. The molecule has 8 heteroatoms. The van der Waals surface area contributed by atoms with Crippen LogP contribution < -0.4 is 5.73 Å². The first kappa shape index (κ1) is 14.4. The molecular formula is C12H19N5O3. The van der Waals surface area contributed by atoms with Crippen molar-refractivity contribution in [3.05, 3.63) is 22.5 Å². The fourth-order valence-electron chi connectivity index (χ4n) is 2.58. The molecule has 0 spiro atoms. The van der Waals surface area contributed by atoms with Crippen LogP contribution in [0, 0.1) is 10.1 Å². The van der Waals surface area contributed by atoms with Gasteiger partial charge in [-0.05, 0) is 26.2 Å². The third-order valence-electron chi connectivity index (χ3n) is 3.60. The third kappa shape index (κ3) is 3.13. The van der Waals surface area contributed by atoms with Gasteiger partial charge < -0.3 is 10.6 Å². The van der Waals surface area contributed by atoms with Gasteiger partial charge in [0.1, 0.15) is 18.9 Å². The number of carbonyl (C=O) groups excluding carboxylic acids is 1. The summed E-state index contributed by atoms with van der Waals surface area (Å²) in [5, 5.41) is 14.4. The molecule has 2 atom stereocenters. The number of rotatable bonds is 4. The first-order valence-electron chi connectivity index (χ1n) is 6.71. The van der Waals surface area contributed by atoms with Crippen LogP contribution in [0.25, 0.3) is 0 Å². The molecule has 1 aliphatic heterocycles. The molecule has 110 valence electrons. The standard InChI is InChI=1S/C12H19N5O3/c1-9(13)11-4-2-3-5-16(11)12(18)8-15-7-10(6-14-15)17(19)20/h6-7,9,11H,2-5,8,13H2,1H3. The normalized spacial score (nSPS) is 20.7. The second-order valence-corrected chi connectivity index (χ2v) is 5.16. The summed E-state index contributed by atoms with van der Waals surface area (Å²) in [6.07, 6.45) is 5.36. The number of nitrogens with zero attached hydrogens (tertiary/aromatic N) is 4. The van der Waals surface area contributed by atoms with Crippen molar-refractivity contribution in [1.29, 1.82) is 0 Å². The number of hydrogen-bond acceptors (Lipinski definition) is 5. The van der Waals surface area contributed by atoms with E-state index in [9.17, 15) is 14.9 Å². The summed E-state index contributed by atoms with van der Waals surface area (Å²) >= 11 is 0. The van der Waals surface area contributed by atoms with Crippen LogP contribution >= 0.6 is 0 Å². The summed E-state index contributed by atoms with van der Waals surface area (Å²) < 4.78 is 1.30. The topological polar surface area (TPSA) is 107 Å². The molecule has 1 aromatic rings. The SMILES string of the molecule is CC(N)C1CCCCN1C(=O)Cn1cc([N+](=O)[O-])cn1. The molecule has 2 heterocycles. The molecule has 1 aromatic heterocycles. The van der Waals surface area contributed by atoms with Crippen LogP contribution in [-0.2, 0) is 11.3 Å². The molecule has 2 unspecified atom stereocenters. The van der Waals surface area contributed by atoms with Gasteiger partial charge in [0.2, 0.25) is 5.91 Å². The lowest BCUT2D eigenvalue weighted by Crippen LogP contribution is -2.52. The Kier molecular flexibility index (Phi) is 4.33. The van der Waals surface area contributed by atoms with Gasteiger partial charge in [0.25, 0.3) is 0 Å². The van der Waals surface area contributed by atoms with Gasteiger partial charge in [0, 0.05) is 18.6 Å². The lowest BCUT2D eigenvalue weighted by molar-refractivity contribution is -0.385. The maximum Gasteiger partial charge on any atom is 0.307 e. The molecule has 2 N–H and O–H groups in total. The number of hydrogen-bond donors (Lipinski definition) is 1. The zero-order valence-corrected chi connectivity index (χ0v) is 11.4. The van der Waals surface area contributed by atoms with Crippen LogP contribution in [0.5, 0.6) is 0 Å². The second-order valence-electron chi connectivity index (χ2n) is 5.16. The number of aromatic nitrogens is 2. The molecule has 0 saturated carbocycles. The smallest absolute Gasteiger partial charge is 0.307 e. The lowest BCUT2D eigenvalue weighted by Gasteiger charge is -2.38. The van der Waals surface area contributed by atoms with Crippen molar-refractivity contribution in [1.82, 2.24) is 14.7 Å². The number of nitrogens with two attached hydrogens (primary N) is 1. The second kappa shape index (κ2) is 6.00. The molecule has 0 bridgehead atoms. The third-order valence-corrected chi connectivity index (χ3v) is 3.60. The molecule has 20 heavy (non-hydrogen) atoms. The Morgan fingerprint density at radius 2 is 2.40 bits per heavy atom. The molecule has 1 saturated heterocycles. The minimum atomic E-state index is -0.528. The Morgan fingerprint density at radius 3 is 3.00 bits per heavy atom. The molecule has 1 aliphatic rings. The summed E-state index contributed by atoms with van der Waals surface area (Å²) in [7, 11) is 0. The highest BCUT2D eigenvalue weighted by molar-refractivity contribution is 5.76. The summed E-state index contributed by atoms with van der Waals surface area (Å²) in [6.45, 7) is 2.60. The van der Waals surface area contributed by atoms with E-state index in [-0.39, 0.29) is 30.2 Å². The van der Waals surface area contributed by atoms with Gasteiger partial charge in [0.05, 0.1) is 4.92 Å². The molecule has 1 amide bonds. The lowest BCUT2D eigenvalue weighted by atomic mass is 9.97. The van der Waals surface area contributed by atoms with Gasteiger partial charge in [0.15, 0.2) is 0 Å². The number of piperidine rings is 1. The number of nitro groups is 1. The molecular weight excluding hydrogens is 262 g/mol. The maximum atomic E-state index is 12.3. The Hall–Kier alpha value is -1.96. The average molecular weight is 281 g/mol. The molecule has 0 aliphatic carbocycles. The van der Waals surface area contributed by atoms with Gasteiger partial charge in [-0.25, -0.2) is 0 Å². The highest BCUT2D eigenvalue weighted by Crippen LogP contribution is 2.19. The van der Waals surface area contributed by atoms with Crippen LogP contribution in [0.15, 0.2) is 12.4 Å². The Labute approximate surface area is 116 Å². The molecule has 0 radical (unpaired) electrons. The van der Waals surface area contributed by atoms with E-state index in [1.54, 1.807) is 4.90 Å². The summed E-state index contributed by atoms with van der Waals surface area (Å²) in [5.74, 6) is -0.0926. The maximum absolute atomic E-state index is 12.3. The van der Waals surface area contributed by atoms with Crippen molar-refractivity contribution in [2.45, 2.75) is 44.8 Å². The van der Waals surface area contributed by atoms with Gasteiger partial charge in [-0.15, -0.1) is 0 Å². The Bertz CT molecular complexity index is 499. The monoisotopic (exact) mass is 281 g/mol. The first-order chi connectivity index (χ1) is 9.49. The summed E-state index contributed by atoms with van der Waals surface area (Å²) in [6, 6.07) is -0.0343. The van der Waals surface area contributed by atoms with Gasteiger partial charge in [-0.2, -0.15) is 5.10 Å². The molecule has 8 nitrogen and oxygen atoms in total. The first-order valence-corrected chi connectivity index (χ1v) is 6.71. The van der Waals surface area contributed by atoms with Crippen LogP contribution in [0.1, 0.15) is 26.2 Å². The molecule has 2 rings (SSSR count). The number of likely N-dealkylation sites (tertiary alicyclic amines) is 1. The predicted molar refractivity (Wildman–Crippen MR) is 71.9 cm³/mol. The zero-order valence-electron chi connectivity index (χ0n) is 11.4. The fraction of sp³-hybridized carbons (Fsp3) is 0.667. The van der Waals surface area contributed by atoms with Gasteiger partial charge in [-0.3, -0.25) is 19.6 Å². The Morgan fingerprint density at radius 1 is 1.65 bits per heavy atom. The van der Waals surface area contributed by atoms with Crippen LogP contribution in [-0.4, -0.2) is 44.1 Å². The van der Waals surface area contributed by atoms with Crippen molar-refractivity contribution in [2.24, 2.45) is 5.73 Å². The van der Waals surface area contributed by atoms with E-state index in [0.717, 1.165) is 25.5 Å². The number of amides is 1. The van der Waals surface area contributed by atoms with E-state index in [2.05, 4.69) is 5.10 Å². The van der Waals surface area contributed by atoms with E-state index >= 15 is 0 Å². The van der Waals surface area contributed by atoms with E-state index in [1.165, 1.54) is 10.9 Å². The van der Waals surface area contributed by atoms with Crippen molar-refractivity contribution in [2.75, 3.05) is 6.54 Å². The minimum Gasteiger partial charge on any atom is -0.337 e. The Balaban J connectivity index is 2.04. The van der Waals surface area contributed by atoms with E-state index in [0.29, 0.717) is 6.54 Å². The van der Waals surface area contributed by atoms with Gasteiger partial charge in [-0.1, -0.05) is 0 Å². The molecule has 1 fully saturated rings. The fourth-order valence-corrected chi connectivity index (χ4v) is 2.58. The highest BCUT2D eigenvalue weighted by Gasteiger charge is 2.29. The average Bonchev–Trinajstić information content (AvgIpc) is 2.87. The highest BCUT2D eigenvalue weighted by atomic mass is 16.6. The summed E-state index contributed by atoms with van der Waals surface area (Å²) in [5.41, 5.74) is 5.82. The van der Waals surface area contributed by atoms with Crippen LogP contribution in [0.3, 0.4) is 0 Å². The van der Waals surface area contributed by atoms with Crippen molar-refractivity contribution >= 4 is 11.6 Å². The van der Waals surface area contributed by atoms with E-state index in [1.807, 2.05) is 6.92 Å². The van der Waals surface area contributed by atoms with Crippen molar-refractivity contribution in [3.8, 4) is 0 Å². The predicted octanol–water partition coefficient (Wildman–Crippen LogP) is 0.520.